The van der Waals surface area contributed by atoms with E-state index < -0.39 is 5.91 Å². The van der Waals surface area contributed by atoms with E-state index in [9.17, 15) is 9.59 Å². The van der Waals surface area contributed by atoms with Gasteiger partial charge in [-0.2, -0.15) is 0 Å². The summed E-state index contributed by atoms with van der Waals surface area (Å²) in [4.78, 5) is 23.0. The molecule has 3 N–H and O–H groups in total. The summed E-state index contributed by atoms with van der Waals surface area (Å²) in [5, 5.41) is 2.70. The van der Waals surface area contributed by atoms with E-state index in [0.717, 1.165) is 5.56 Å². The molecule has 1 aromatic rings. The number of carbonyl (C=O) groups is 2. The monoisotopic (exact) mass is 250 g/mol. The van der Waals surface area contributed by atoms with Crippen LogP contribution in [0.3, 0.4) is 0 Å². The Morgan fingerprint density at radius 1 is 1.39 bits per heavy atom. The average Bonchev–Trinajstić information content (AvgIpc) is 2.28. The number of ether oxygens (including phenoxy) is 1. The lowest BCUT2D eigenvalue weighted by atomic mass is 10.1. The number of nitrogens with two attached hydrogens (primary N) is 1. The smallest absolute Gasteiger partial charge is 0.251 e. The first-order valence-electron chi connectivity index (χ1n) is 5.74. The van der Waals surface area contributed by atoms with E-state index in [0.29, 0.717) is 30.7 Å². The number of anilines is 1. The standard InChI is InChI=1S/C13H18N2O3/c1-9-5-3-6-10(12(9)13(14)17)15-11(16)7-4-8-18-2/h3,5-6H,4,7-8H2,1-2H3,(H2,14,17)(H,15,16). The second kappa shape index (κ2) is 6.76. The minimum absolute atomic E-state index is 0.153. The van der Waals surface area contributed by atoms with Crippen LogP contribution in [0, 0.1) is 6.92 Å². The van der Waals surface area contributed by atoms with Gasteiger partial charge >= 0.3 is 0 Å². The zero-order valence-electron chi connectivity index (χ0n) is 10.7. The second-order valence-corrected chi connectivity index (χ2v) is 4.01. The molecule has 0 atom stereocenters. The van der Waals surface area contributed by atoms with Crippen molar-refractivity contribution in [2.24, 2.45) is 5.73 Å². The Bertz CT molecular complexity index is 444. The molecular weight excluding hydrogens is 232 g/mol. The van der Waals surface area contributed by atoms with Crippen LogP contribution < -0.4 is 11.1 Å². The minimum Gasteiger partial charge on any atom is -0.385 e. The number of rotatable bonds is 6. The first-order chi connectivity index (χ1) is 8.56. The van der Waals surface area contributed by atoms with Crippen LogP contribution in [0.4, 0.5) is 5.69 Å². The topological polar surface area (TPSA) is 81.4 Å². The molecule has 0 aliphatic rings. The van der Waals surface area contributed by atoms with Crippen LogP contribution in [0.15, 0.2) is 18.2 Å². The molecule has 1 aromatic carbocycles. The van der Waals surface area contributed by atoms with E-state index in [1.807, 2.05) is 0 Å². The van der Waals surface area contributed by atoms with Crippen molar-refractivity contribution in [3.8, 4) is 0 Å². The molecule has 0 aliphatic carbocycles. The van der Waals surface area contributed by atoms with Crippen molar-refractivity contribution < 1.29 is 14.3 Å². The highest BCUT2D eigenvalue weighted by Gasteiger charge is 2.12. The van der Waals surface area contributed by atoms with Gasteiger partial charge in [0.05, 0.1) is 11.3 Å². The van der Waals surface area contributed by atoms with Gasteiger partial charge in [-0.05, 0) is 25.0 Å². The molecule has 0 unspecified atom stereocenters. The van der Waals surface area contributed by atoms with Gasteiger partial charge in [0.2, 0.25) is 5.91 Å². The predicted octanol–water partition coefficient (Wildman–Crippen LogP) is 1.46. The maximum Gasteiger partial charge on any atom is 0.251 e. The van der Waals surface area contributed by atoms with Gasteiger partial charge in [-0.15, -0.1) is 0 Å². The summed E-state index contributed by atoms with van der Waals surface area (Å²) in [5.74, 6) is -0.694. The number of hydrogen-bond donors (Lipinski definition) is 2. The number of methoxy groups -OCH3 is 1. The Morgan fingerprint density at radius 2 is 2.11 bits per heavy atom. The summed E-state index contributed by atoms with van der Waals surface area (Å²) in [5.41, 5.74) is 6.87. The largest absolute Gasteiger partial charge is 0.385 e. The summed E-state index contributed by atoms with van der Waals surface area (Å²) in [6.45, 7) is 2.31. The van der Waals surface area contributed by atoms with Crippen molar-refractivity contribution >= 4 is 17.5 Å². The quantitative estimate of drug-likeness (QED) is 0.750. The molecule has 0 aromatic heterocycles. The molecule has 5 heteroatoms. The lowest BCUT2D eigenvalue weighted by Crippen LogP contribution is -2.19. The highest BCUT2D eigenvalue weighted by atomic mass is 16.5. The van der Waals surface area contributed by atoms with Gasteiger partial charge in [0.15, 0.2) is 0 Å². The number of carbonyl (C=O) groups excluding carboxylic acids is 2. The van der Waals surface area contributed by atoms with Crippen LogP contribution in [-0.2, 0) is 9.53 Å². The van der Waals surface area contributed by atoms with E-state index in [1.54, 1.807) is 32.2 Å². The van der Waals surface area contributed by atoms with Gasteiger partial charge in [0, 0.05) is 20.1 Å². The second-order valence-electron chi connectivity index (χ2n) is 4.01. The molecule has 0 saturated carbocycles. The van der Waals surface area contributed by atoms with Crippen LogP contribution in [-0.4, -0.2) is 25.5 Å². The Kier molecular flexibility index (Phi) is 5.32. The fraction of sp³-hybridized carbons (Fsp3) is 0.385. The number of primary amides is 1. The minimum atomic E-state index is -0.541. The molecule has 0 radical (unpaired) electrons. The SMILES string of the molecule is COCCCC(=O)Nc1cccc(C)c1C(N)=O. The first-order valence-corrected chi connectivity index (χ1v) is 5.74. The zero-order chi connectivity index (χ0) is 13.5. The Morgan fingerprint density at radius 3 is 2.72 bits per heavy atom. The normalized spacial score (nSPS) is 10.1. The third-order valence-corrected chi connectivity index (χ3v) is 2.55. The molecule has 0 bridgehead atoms. The molecule has 0 fully saturated rings. The van der Waals surface area contributed by atoms with Crippen molar-refractivity contribution in [1.82, 2.24) is 0 Å². The molecule has 5 nitrogen and oxygen atoms in total. The number of nitrogens with one attached hydrogen (secondary N) is 1. The fourth-order valence-electron chi connectivity index (χ4n) is 1.69. The Balaban J connectivity index is 2.75. The van der Waals surface area contributed by atoms with E-state index in [2.05, 4.69) is 5.32 Å². The van der Waals surface area contributed by atoms with E-state index in [1.165, 1.54) is 0 Å². The molecule has 1 rings (SSSR count). The van der Waals surface area contributed by atoms with Crippen molar-refractivity contribution in [2.75, 3.05) is 19.0 Å². The third-order valence-electron chi connectivity index (χ3n) is 2.55. The van der Waals surface area contributed by atoms with Gasteiger partial charge < -0.3 is 15.8 Å². The zero-order valence-corrected chi connectivity index (χ0v) is 10.7. The average molecular weight is 250 g/mol. The summed E-state index contributed by atoms with van der Waals surface area (Å²) in [7, 11) is 1.59. The number of hydrogen-bond acceptors (Lipinski definition) is 3. The maximum absolute atomic E-state index is 11.7. The lowest BCUT2D eigenvalue weighted by molar-refractivity contribution is -0.116. The molecular formula is C13H18N2O3. The van der Waals surface area contributed by atoms with Gasteiger partial charge in [0.25, 0.3) is 5.91 Å². The summed E-state index contributed by atoms with van der Waals surface area (Å²) >= 11 is 0. The predicted molar refractivity (Wildman–Crippen MR) is 69.4 cm³/mol. The Hall–Kier alpha value is -1.88. The maximum atomic E-state index is 11.7. The van der Waals surface area contributed by atoms with Crippen molar-refractivity contribution in [1.29, 1.82) is 0 Å². The van der Waals surface area contributed by atoms with E-state index in [4.69, 9.17) is 10.5 Å². The highest BCUT2D eigenvalue weighted by Crippen LogP contribution is 2.19. The van der Waals surface area contributed by atoms with Crippen LogP contribution >= 0.6 is 0 Å². The van der Waals surface area contributed by atoms with Gasteiger partial charge in [-0.25, -0.2) is 0 Å². The van der Waals surface area contributed by atoms with E-state index >= 15 is 0 Å². The van der Waals surface area contributed by atoms with Gasteiger partial charge in [-0.3, -0.25) is 9.59 Å². The molecule has 0 heterocycles. The lowest BCUT2D eigenvalue weighted by Gasteiger charge is -2.11. The number of benzene rings is 1. The van der Waals surface area contributed by atoms with Crippen LogP contribution in [0.25, 0.3) is 0 Å². The number of amides is 2. The molecule has 2 amide bonds. The molecule has 98 valence electrons. The highest BCUT2D eigenvalue weighted by molar-refractivity contribution is 6.04. The van der Waals surface area contributed by atoms with E-state index in [-0.39, 0.29) is 5.91 Å². The molecule has 18 heavy (non-hydrogen) atoms. The number of aryl methyl sites for hydroxylation is 1. The summed E-state index contributed by atoms with van der Waals surface area (Å²) in [6.07, 6.45) is 0.986. The van der Waals surface area contributed by atoms with Crippen molar-refractivity contribution in [3.05, 3.63) is 29.3 Å². The van der Waals surface area contributed by atoms with Crippen molar-refractivity contribution in [2.45, 2.75) is 19.8 Å². The van der Waals surface area contributed by atoms with Gasteiger partial charge in [0.1, 0.15) is 0 Å². The van der Waals surface area contributed by atoms with Crippen LogP contribution in [0.5, 0.6) is 0 Å². The molecule has 0 saturated heterocycles. The van der Waals surface area contributed by atoms with Crippen molar-refractivity contribution in [3.63, 3.8) is 0 Å². The first kappa shape index (κ1) is 14.2. The van der Waals surface area contributed by atoms with Crippen LogP contribution in [0.2, 0.25) is 0 Å². The molecule has 0 spiro atoms. The van der Waals surface area contributed by atoms with Gasteiger partial charge in [-0.1, -0.05) is 12.1 Å². The summed E-state index contributed by atoms with van der Waals surface area (Å²) in [6, 6.07) is 5.22. The Labute approximate surface area is 106 Å². The van der Waals surface area contributed by atoms with Crippen LogP contribution in [0.1, 0.15) is 28.8 Å². The molecule has 0 aliphatic heterocycles. The third kappa shape index (κ3) is 3.85. The fourth-order valence-corrected chi connectivity index (χ4v) is 1.69. The summed E-state index contributed by atoms with van der Waals surface area (Å²) < 4.78 is 4.87.